The van der Waals surface area contributed by atoms with Crippen molar-refractivity contribution in [2.45, 2.75) is 38.0 Å². The summed E-state index contributed by atoms with van der Waals surface area (Å²) in [5.41, 5.74) is 4.27. The number of aryl methyl sites for hydroxylation is 1. The van der Waals surface area contributed by atoms with E-state index in [9.17, 15) is 4.79 Å². The van der Waals surface area contributed by atoms with Crippen molar-refractivity contribution in [3.8, 4) is 0 Å². The number of ether oxygens (including phenoxy) is 1. The average molecular weight is 446 g/mol. The lowest BCUT2D eigenvalue weighted by atomic mass is 9.74. The molecule has 3 heterocycles. The second kappa shape index (κ2) is 9.32. The molecule has 1 aromatic heterocycles. The molecule has 2 aromatic carbocycles. The summed E-state index contributed by atoms with van der Waals surface area (Å²) in [6.07, 6.45) is 6.81. The van der Waals surface area contributed by atoms with Crippen LogP contribution < -0.4 is 5.32 Å². The van der Waals surface area contributed by atoms with Crippen LogP contribution in [0.1, 0.15) is 42.7 Å². The molecule has 2 aliphatic heterocycles. The van der Waals surface area contributed by atoms with Crippen molar-refractivity contribution in [3.05, 3.63) is 65.9 Å². The van der Waals surface area contributed by atoms with Gasteiger partial charge in [-0.25, -0.2) is 0 Å². The molecular weight excluding hydrogens is 410 g/mol. The predicted octanol–water partition coefficient (Wildman–Crippen LogP) is 4.97. The monoisotopic (exact) mass is 445 g/mol. The first-order valence-corrected chi connectivity index (χ1v) is 12.2. The maximum atomic E-state index is 13.7. The van der Waals surface area contributed by atoms with E-state index in [1.807, 2.05) is 19.3 Å². The minimum absolute atomic E-state index is 0.115. The topological polar surface area (TPSA) is 46.5 Å². The zero-order valence-corrected chi connectivity index (χ0v) is 19.8. The van der Waals surface area contributed by atoms with Crippen molar-refractivity contribution in [1.29, 1.82) is 0 Å². The Morgan fingerprint density at radius 2 is 1.97 bits per heavy atom. The molecule has 0 bridgehead atoms. The number of benzene rings is 2. The van der Waals surface area contributed by atoms with Crippen LogP contribution in [0.4, 0.5) is 5.69 Å². The van der Waals surface area contributed by atoms with Crippen molar-refractivity contribution in [1.82, 2.24) is 9.47 Å². The normalized spacial score (nSPS) is 21.2. The van der Waals surface area contributed by atoms with Crippen LogP contribution in [0.3, 0.4) is 0 Å². The quantitative estimate of drug-likeness (QED) is 0.603. The van der Waals surface area contributed by atoms with Crippen molar-refractivity contribution in [2.75, 3.05) is 38.7 Å². The molecule has 5 rings (SSSR count). The Morgan fingerprint density at radius 3 is 2.79 bits per heavy atom. The van der Waals surface area contributed by atoms with E-state index < -0.39 is 5.41 Å². The molecule has 2 aliphatic rings. The Labute approximate surface area is 196 Å². The summed E-state index contributed by atoms with van der Waals surface area (Å²) in [7, 11) is 4.25. The molecular formula is C28H35N3O2. The molecule has 0 aliphatic carbocycles. The Kier molecular flexibility index (Phi) is 6.26. The SMILES string of the molecule is CN1CCC[C@@H](c2cccc(CC3(C(=O)Nc4ccc5c(ccn5C)c4)CCOCC3)c2)C1. The van der Waals surface area contributed by atoms with Crippen LogP contribution in [0, 0.1) is 5.41 Å². The summed E-state index contributed by atoms with van der Waals surface area (Å²) in [6, 6.07) is 17.2. The maximum Gasteiger partial charge on any atom is 0.231 e. The number of hydrogen-bond donors (Lipinski definition) is 1. The summed E-state index contributed by atoms with van der Waals surface area (Å²) in [4.78, 5) is 16.1. The number of anilines is 1. The number of piperidine rings is 1. The van der Waals surface area contributed by atoms with E-state index in [0.29, 0.717) is 19.1 Å². The number of aromatic nitrogens is 1. The van der Waals surface area contributed by atoms with E-state index in [2.05, 4.69) is 64.3 Å². The van der Waals surface area contributed by atoms with Gasteiger partial charge in [0.15, 0.2) is 0 Å². The third-order valence-electron chi connectivity index (χ3n) is 7.66. The highest BCUT2D eigenvalue weighted by Gasteiger charge is 2.40. The molecule has 0 spiro atoms. The first-order chi connectivity index (χ1) is 16.0. The van der Waals surface area contributed by atoms with E-state index >= 15 is 0 Å². The zero-order valence-electron chi connectivity index (χ0n) is 19.8. The van der Waals surface area contributed by atoms with Crippen LogP contribution in [0.2, 0.25) is 0 Å². The summed E-state index contributed by atoms with van der Waals surface area (Å²) >= 11 is 0. The highest BCUT2D eigenvalue weighted by Crippen LogP contribution is 2.37. The number of nitrogens with zero attached hydrogens (tertiary/aromatic N) is 2. The molecule has 0 radical (unpaired) electrons. The highest BCUT2D eigenvalue weighted by atomic mass is 16.5. The first-order valence-electron chi connectivity index (χ1n) is 12.2. The summed E-state index contributed by atoms with van der Waals surface area (Å²) in [5, 5.41) is 4.39. The molecule has 174 valence electrons. The molecule has 1 atom stereocenters. The standard InChI is InChI=1S/C28H35N3O2/c1-30-13-4-7-24(20-30)22-6-3-5-21(17-22)19-28(11-15-33-16-12-28)27(32)29-25-8-9-26-23(18-25)10-14-31(26)2/h3,5-6,8-10,14,17-18,24H,4,7,11-13,15-16,19-20H2,1-2H3,(H,29,32)/t24-/m1/s1. The summed E-state index contributed by atoms with van der Waals surface area (Å²) < 4.78 is 7.76. The van der Waals surface area contributed by atoms with E-state index in [4.69, 9.17) is 4.74 Å². The molecule has 5 nitrogen and oxygen atoms in total. The Balaban J connectivity index is 1.37. The van der Waals surface area contributed by atoms with E-state index in [-0.39, 0.29) is 5.91 Å². The average Bonchev–Trinajstić information content (AvgIpc) is 3.20. The van der Waals surface area contributed by atoms with Crippen LogP contribution in [0.5, 0.6) is 0 Å². The summed E-state index contributed by atoms with van der Waals surface area (Å²) in [5.74, 6) is 0.699. The second-order valence-corrected chi connectivity index (χ2v) is 10.1. The first kappa shape index (κ1) is 22.2. The number of carbonyl (C=O) groups excluding carboxylic acids is 1. The van der Waals surface area contributed by atoms with Gasteiger partial charge in [-0.1, -0.05) is 24.3 Å². The number of hydrogen-bond acceptors (Lipinski definition) is 3. The fraction of sp³-hybridized carbons (Fsp3) is 0.464. The zero-order chi connectivity index (χ0) is 22.8. The number of fused-ring (bicyclic) bond motifs is 1. The molecule has 33 heavy (non-hydrogen) atoms. The van der Waals surface area contributed by atoms with E-state index in [1.165, 1.54) is 36.0 Å². The van der Waals surface area contributed by atoms with Crippen LogP contribution in [0.15, 0.2) is 54.7 Å². The minimum atomic E-state index is -0.439. The van der Waals surface area contributed by atoms with Crippen LogP contribution in [-0.4, -0.2) is 48.7 Å². The van der Waals surface area contributed by atoms with Gasteiger partial charge in [0, 0.05) is 49.6 Å². The van der Waals surface area contributed by atoms with Crippen LogP contribution in [0.25, 0.3) is 10.9 Å². The van der Waals surface area contributed by atoms with Gasteiger partial charge in [0.1, 0.15) is 0 Å². The number of nitrogens with one attached hydrogen (secondary N) is 1. The number of amides is 1. The fourth-order valence-electron chi connectivity index (χ4n) is 5.66. The summed E-state index contributed by atoms with van der Waals surface area (Å²) in [6.45, 7) is 3.58. The Hall–Kier alpha value is -2.63. The largest absolute Gasteiger partial charge is 0.381 e. The number of likely N-dealkylation sites (N-methyl/N-ethyl adjacent to an activating group) is 1. The van der Waals surface area contributed by atoms with Gasteiger partial charge in [0.05, 0.1) is 5.41 Å². The lowest BCUT2D eigenvalue weighted by Gasteiger charge is -2.36. The van der Waals surface area contributed by atoms with E-state index in [1.54, 1.807) is 0 Å². The predicted molar refractivity (Wildman–Crippen MR) is 134 cm³/mol. The molecule has 2 fully saturated rings. The van der Waals surface area contributed by atoms with Gasteiger partial charge in [0.25, 0.3) is 0 Å². The van der Waals surface area contributed by atoms with Gasteiger partial charge >= 0.3 is 0 Å². The number of rotatable bonds is 5. The molecule has 5 heteroatoms. The molecule has 3 aromatic rings. The van der Waals surface area contributed by atoms with Gasteiger partial charge in [-0.15, -0.1) is 0 Å². The Bertz CT molecular complexity index is 1130. The fourth-order valence-corrected chi connectivity index (χ4v) is 5.66. The van der Waals surface area contributed by atoms with Crippen molar-refractivity contribution < 1.29 is 9.53 Å². The van der Waals surface area contributed by atoms with Crippen molar-refractivity contribution in [2.24, 2.45) is 12.5 Å². The number of carbonyl (C=O) groups is 1. The molecule has 2 saturated heterocycles. The highest BCUT2D eigenvalue weighted by molar-refractivity contribution is 5.97. The lowest BCUT2D eigenvalue weighted by molar-refractivity contribution is -0.131. The van der Waals surface area contributed by atoms with Crippen LogP contribution >= 0.6 is 0 Å². The smallest absolute Gasteiger partial charge is 0.231 e. The molecule has 0 saturated carbocycles. The minimum Gasteiger partial charge on any atom is -0.381 e. The lowest BCUT2D eigenvalue weighted by Crippen LogP contribution is -2.42. The van der Waals surface area contributed by atoms with Gasteiger partial charge < -0.3 is 19.5 Å². The van der Waals surface area contributed by atoms with E-state index in [0.717, 1.165) is 36.9 Å². The van der Waals surface area contributed by atoms with Gasteiger partial charge in [-0.05, 0) is 87.0 Å². The van der Waals surface area contributed by atoms with Gasteiger partial charge in [0.2, 0.25) is 5.91 Å². The number of likely N-dealkylation sites (tertiary alicyclic amines) is 1. The molecule has 1 amide bonds. The second-order valence-electron chi connectivity index (χ2n) is 10.1. The molecule has 0 unspecified atom stereocenters. The molecule has 1 N–H and O–H groups in total. The van der Waals surface area contributed by atoms with Crippen molar-refractivity contribution >= 4 is 22.5 Å². The Morgan fingerprint density at radius 1 is 1.12 bits per heavy atom. The van der Waals surface area contributed by atoms with Gasteiger partial charge in [-0.3, -0.25) is 4.79 Å². The van der Waals surface area contributed by atoms with Crippen molar-refractivity contribution in [3.63, 3.8) is 0 Å². The third-order valence-corrected chi connectivity index (χ3v) is 7.66. The van der Waals surface area contributed by atoms with Crippen LogP contribution in [-0.2, 0) is 23.0 Å². The third kappa shape index (κ3) is 4.71. The maximum absolute atomic E-state index is 13.7. The van der Waals surface area contributed by atoms with Gasteiger partial charge in [-0.2, -0.15) is 0 Å².